The first-order valence-electron chi connectivity index (χ1n) is 11.2. The maximum atomic E-state index is 13.1. The van der Waals surface area contributed by atoms with Crippen molar-refractivity contribution >= 4 is 52.4 Å². The Bertz CT molecular complexity index is 1390. The van der Waals surface area contributed by atoms with E-state index in [4.69, 9.17) is 23.2 Å². The lowest BCUT2D eigenvalue weighted by atomic mass is 9.91. The summed E-state index contributed by atoms with van der Waals surface area (Å²) in [6, 6.07) is 28.5. The van der Waals surface area contributed by atoms with Gasteiger partial charge in [0.05, 0.1) is 12.3 Å². The van der Waals surface area contributed by atoms with Gasteiger partial charge in [-0.05, 0) is 83.9 Å². The Hall–Kier alpha value is -3.32. The molecule has 0 fully saturated rings. The van der Waals surface area contributed by atoms with Gasteiger partial charge in [-0.2, -0.15) is 5.10 Å². The molecule has 4 nitrogen and oxygen atoms in total. The number of carbonyl (C=O) groups is 1. The molecule has 2 amide bonds. The van der Waals surface area contributed by atoms with Crippen molar-refractivity contribution in [2.75, 3.05) is 11.9 Å². The predicted octanol–water partition coefficient (Wildman–Crippen LogP) is 8.32. The van der Waals surface area contributed by atoms with E-state index < -0.39 is 0 Å². The minimum atomic E-state index is -0.322. The van der Waals surface area contributed by atoms with Crippen LogP contribution in [0.25, 0.3) is 0 Å². The molecule has 0 spiro atoms. The molecule has 180 valence electrons. The molecule has 1 N–H and O–H groups in total. The van der Waals surface area contributed by atoms with Gasteiger partial charge < -0.3 is 5.32 Å². The Labute approximate surface area is 222 Å². The number of hydrazone groups is 1. The first kappa shape index (κ1) is 24.4. The summed E-state index contributed by atoms with van der Waals surface area (Å²) in [5.74, 6) is -0.372. The molecule has 8 heteroatoms. The Balaban J connectivity index is 1.32. The number of nitrogens with zero attached hydrogens (tertiary/aromatic N) is 2. The molecule has 1 unspecified atom stereocenters. The largest absolute Gasteiger partial charge is 0.342 e. The number of hydrogen-bond donors (Lipinski definition) is 1. The number of hydrogen-bond acceptors (Lipinski definition) is 3. The fourth-order valence-corrected chi connectivity index (χ4v) is 4.97. The lowest BCUT2D eigenvalue weighted by Gasteiger charge is -2.16. The molecule has 0 aromatic heterocycles. The van der Waals surface area contributed by atoms with Crippen LogP contribution in [0.5, 0.6) is 0 Å². The SMILES string of the molecule is O=C(Nc1ccc(Sc2ccc(F)cc2)cc1)N1CC(c2ccc(Cl)cc2)C(c2ccc(Cl)cc2)=N1. The molecule has 0 saturated heterocycles. The molecule has 0 bridgehead atoms. The van der Waals surface area contributed by atoms with E-state index in [2.05, 4.69) is 10.4 Å². The summed E-state index contributed by atoms with van der Waals surface area (Å²) < 4.78 is 13.1. The number of amides is 2. The van der Waals surface area contributed by atoms with Gasteiger partial charge in [-0.15, -0.1) is 0 Å². The quantitative estimate of drug-likeness (QED) is 0.279. The van der Waals surface area contributed by atoms with Crippen molar-refractivity contribution in [2.24, 2.45) is 5.10 Å². The van der Waals surface area contributed by atoms with Crippen LogP contribution in [0, 0.1) is 5.82 Å². The topological polar surface area (TPSA) is 44.7 Å². The summed E-state index contributed by atoms with van der Waals surface area (Å²) in [6.45, 7) is 0.393. The Morgan fingerprint density at radius 3 is 2.00 bits per heavy atom. The highest BCUT2D eigenvalue weighted by Crippen LogP contribution is 2.31. The van der Waals surface area contributed by atoms with Crippen molar-refractivity contribution in [3.63, 3.8) is 0 Å². The minimum Gasteiger partial charge on any atom is -0.306 e. The van der Waals surface area contributed by atoms with Crippen LogP contribution in [0.1, 0.15) is 17.0 Å². The third-order valence-corrected chi connectivity index (χ3v) is 7.24. The Kier molecular flexibility index (Phi) is 7.28. The summed E-state index contributed by atoms with van der Waals surface area (Å²) in [6.07, 6.45) is 0. The number of halogens is 3. The van der Waals surface area contributed by atoms with Crippen LogP contribution in [0.3, 0.4) is 0 Å². The van der Waals surface area contributed by atoms with Gasteiger partial charge in [-0.25, -0.2) is 14.2 Å². The van der Waals surface area contributed by atoms with Crippen LogP contribution in [0.2, 0.25) is 10.0 Å². The Morgan fingerprint density at radius 2 is 1.39 bits per heavy atom. The summed E-state index contributed by atoms with van der Waals surface area (Å²) >= 11 is 13.7. The number of nitrogens with one attached hydrogen (secondary N) is 1. The first-order valence-corrected chi connectivity index (χ1v) is 12.7. The molecule has 1 atom stereocenters. The molecule has 0 saturated carbocycles. The Morgan fingerprint density at radius 1 is 0.833 bits per heavy atom. The van der Waals surface area contributed by atoms with Crippen molar-refractivity contribution in [3.8, 4) is 0 Å². The van der Waals surface area contributed by atoms with E-state index in [0.29, 0.717) is 22.3 Å². The van der Waals surface area contributed by atoms with E-state index >= 15 is 0 Å². The third-order valence-electron chi connectivity index (χ3n) is 5.72. The lowest BCUT2D eigenvalue weighted by molar-refractivity contribution is 0.218. The van der Waals surface area contributed by atoms with Gasteiger partial charge in [0.1, 0.15) is 5.82 Å². The predicted molar refractivity (Wildman–Crippen MR) is 145 cm³/mol. The zero-order chi connectivity index (χ0) is 25.1. The first-order chi connectivity index (χ1) is 17.4. The van der Waals surface area contributed by atoms with Crippen molar-refractivity contribution in [2.45, 2.75) is 15.7 Å². The number of carbonyl (C=O) groups excluding carboxylic acids is 1. The average Bonchev–Trinajstić information content (AvgIpc) is 3.33. The second-order valence-electron chi connectivity index (χ2n) is 8.19. The van der Waals surface area contributed by atoms with Gasteiger partial charge in [0, 0.05) is 31.4 Å². The van der Waals surface area contributed by atoms with Gasteiger partial charge in [0.15, 0.2) is 0 Å². The molecule has 36 heavy (non-hydrogen) atoms. The second-order valence-corrected chi connectivity index (χ2v) is 10.2. The molecule has 4 aromatic rings. The van der Waals surface area contributed by atoms with Crippen molar-refractivity contribution in [1.82, 2.24) is 5.01 Å². The van der Waals surface area contributed by atoms with Gasteiger partial charge in [0.25, 0.3) is 0 Å². The average molecular weight is 536 g/mol. The van der Waals surface area contributed by atoms with Gasteiger partial charge >= 0.3 is 6.03 Å². The molecule has 0 radical (unpaired) electrons. The molecular weight excluding hydrogens is 516 g/mol. The van der Waals surface area contributed by atoms with Crippen molar-refractivity contribution in [3.05, 3.63) is 124 Å². The van der Waals surface area contributed by atoms with Gasteiger partial charge in [0.2, 0.25) is 0 Å². The summed E-state index contributed by atoms with van der Waals surface area (Å²) in [4.78, 5) is 15.0. The fourth-order valence-electron chi connectivity index (χ4n) is 3.90. The highest BCUT2D eigenvalue weighted by molar-refractivity contribution is 7.99. The van der Waals surface area contributed by atoms with E-state index in [-0.39, 0.29) is 17.8 Å². The maximum absolute atomic E-state index is 13.1. The van der Waals surface area contributed by atoms with E-state index in [1.54, 1.807) is 12.1 Å². The summed E-state index contributed by atoms with van der Waals surface area (Å²) in [5, 5.41) is 10.3. The molecular formula is C28H20Cl2FN3OS. The standard InChI is InChI=1S/C28H20Cl2FN3OS/c29-20-5-1-18(2-6-20)26-17-34(33-27(26)19-3-7-21(30)8-4-19)28(35)32-23-11-15-25(16-12-23)36-24-13-9-22(31)10-14-24/h1-16,26H,17H2,(H,32,35). The molecule has 4 aromatic carbocycles. The van der Waals surface area contributed by atoms with E-state index in [0.717, 1.165) is 26.6 Å². The summed E-state index contributed by atoms with van der Waals surface area (Å²) in [5.41, 5.74) is 3.36. The number of urea groups is 1. The monoisotopic (exact) mass is 535 g/mol. The molecule has 5 rings (SSSR count). The smallest absolute Gasteiger partial charge is 0.306 e. The highest BCUT2D eigenvalue weighted by Gasteiger charge is 2.32. The van der Waals surface area contributed by atoms with E-state index in [1.807, 2.05) is 72.8 Å². The fraction of sp³-hybridized carbons (Fsp3) is 0.0714. The highest BCUT2D eigenvalue weighted by atomic mass is 35.5. The van der Waals surface area contributed by atoms with Crippen LogP contribution in [0.4, 0.5) is 14.9 Å². The molecule has 0 aliphatic carbocycles. The second kappa shape index (κ2) is 10.7. The number of anilines is 1. The minimum absolute atomic E-state index is 0.108. The van der Waals surface area contributed by atoms with Crippen LogP contribution in [-0.4, -0.2) is 23.3 Å². The maximum Gasteiger partial charge on any atom is 0.342 e. The normalized spacial score (nSPS) is 15.0. The van der Waals surface area contributed by atoms with Gasteiger partial charge in [-0.3, -0.25) is 0 Å². The number of rotatable bonds is 5. The van der Waals surface area contributed by atoms with Gasteiger partial charge in [-0.1, -0.05) is 59.2 Å². The zero-order valence-corrected chi connectivity index (χ0v) is 21.2. The molecule has 1 aliphatic rings. The third kappa shape index (κ3) is 5.73. The zero-order valence-electron chi connectivity index (χ0n) is 18.9. The van der Waals surface area contributed by atoms with Crippen LogP contribution in [-0.2, 0) is 0 Å². The lowest BCUT2D eigenvalue weighted by Crippen LogP contribution is -2.30. The van der Waals surface area contributed by atoms with Crippen LogP contribution < -0.4 is 5.32 Å². The van der Waals surface area contributed by atoms with Crippen molar-refractivity contribution in [1.29, 1.82) is 0 Å². The molecule has 1 heterocycles. The van der Waals surface area contributed by atoms with Crippen molar-refractivity contribution < 1.29 is 9.18 Å². The van der Waals surface area contributed by atoms with E-state index in [9.17, 15) is 9.18 Å². The van der Waals surface area contributed by atoms with E-state index in [1.165, 1.54) is 28.9 Å². The van der Waals surface area contributed by atoms with Crippen LogP contribution >= 0.6 is 35.0 Å². The van der Waals surface area contributed by atoms with Crippen LogP contribution in [0.15, 0.2) is 112 Å². The number of benzene rings is 4. The molecule has 1 aliphatic heterocycles. The summed E-state index contributed by atoms with van der Waals surface area (Å²) in [7, 11) is 0.